The molecule has 0 bridgehead atoms. The number of aliphatic hydroxyl groups is 1. The first-order chi connectivity index (χ1) is 17.7. The summed E-state index contributed by atoms with van der Waals surface area (Å²) in [5.74, 6) is -1.19. The van der Waals surface area contributed by atoms with E-state index in [1.54, 1.807) is 20.8 Å². The first-order valence-corrected chi connectivity index (χ1v) is 13.0. The molecule has 8 nitrogen and oxygen atoms in total. The van der Waals surface area contributed by atoms with Crippen molar-refractivity contribution in [1.29, 1.82) is 0 Å². The number of para-hydroxylation sites is 1. The van der Waals surface area contributed by atoms with Crippen LogP contribution in [-0.2, 0) is 14.3 Å². The zero-order chi connectivity index (χ0) is 28.8. The lowest BCUT2D eigenvalue weighted by Gasteiger charge is -2.36. The molecule has 0 saturated carbocycles. The molecule has 208 valence electrons. The van der Waals surface area contributed by atoms with Crippen LogP contribution >= 0.6 is 0 Å². The van der Waals surface area contributed by atoms with Crippen LogP contribution in [0.25, 0.3) is 0 Å². The van der Waals surface area contributed by atoms with Gasteiger partial charge in [-0.15, -0.1) is 0 Å². The zero-order valence-corrected chi connectivity index (χ0v) is 24.1. The summed E-state index contributed by atoms with van der Waals surface area (Å²) in [6, 6.07) is 9.39. The van der Waals surface area contributed by atoms with E-state index in [1.165, 1.54) is 4.90 Å². The van der Waals surface area contributed by atoms with Crippen LogP contribution in [0.15, 0.2) is 36.4 Å². The smallest absolute Gasteiger partial charge is 0.408 e. The van der Waals surface area contributed by atoms with E-state index < -0.39 is 35.6 Å². The van der Waals surface area contributed by atoms with Gasteiger partial charge in [0.25, 0.3) is 5.91 Å². The average molecular weight is 526 g/mol. The van der Waals surface area contributed by atoms with Crippen molar-refractivity contribution in [1.82, 2.24) is 10.2 Å². The van der Waals surface area contributed by atoms with Gasteiger partial charge in [-0.2, -0.15) is 0 Å². The summed E-state index contributed by atoms with van der Waals surface area (Å²) < 4.78 is 5.39. The first-order valence-electron chi connectivity index (χ1n) is 13.0. The second kappa shape index (κ2) is 12.9. The third-order valence-corrected chi connectivity index (χ3v) is 6.33. The van der Waals surface area contributed by atoms with Crippen molar-refractivity contribution in [2.75, 3.05) is 18.5 Å². The van der Waals surface area contributed by atoms with Crippen molar-refractivity contribution in [3.8, 4) is 0 Å². The molecule has 0 saturated heterocycles. The molecular formula is C30H43N3O5. The van der Waals surface area contributed by atoms with Crippen LogP contribution in [0.3, 0.4) is 0 Å². The summed E-state index contributed by atoms with van der Waals surface area (Å²) in [6.07, 6.45) is -0.725. The van der Waals surface area contributed by atoms with E-state index in [1.807, 2.05) is 77.9 Å². The molecule has 2 rings (SSSR count). The number of amides is 3. The number of hydrogen-bond acceptors (Lipinski definition) is 5. The molecule has 0 aliphatic heterocycles. The predicted molar refractivity (Wildman–Crippen MR) is 150 cm³/mol. The Bertz CT molecular complexity index is 1110. The number of benzene rings is 2. The summed E-state index contributed by atoms with van der Waals surface area (Å²) in [5.41, 5.74) is 4.07. The minimum Gasteiger partial charge on any atom is -0.444 e. The Kier molecular flexibility index (Phi) is 10.5. The second-order valence-corrected chi connectivity index (χ2v) is 11.1. The van der Waals surface area contributed by atoms with E-state index in [0.717, 1.165) is 22.3 Å². The van der Waals surface area contributed by atoms with E-state index in [2.05, 4.69) is 10.6 Å². The van der Waals surface area contributed by atoms with Crippen LogP contribution in [0, 0.1) is 33.6 Å². The van der Waals surface area contributed by atoms with Gasteiger partial charge in [-0.25, -0.2) is 4.79 Å². The van der Waals surface area contributed by atoms with Gasteiger partial charge in [-0.1, -0.05) is 50.2 Å². The zero-order valence-electron chi connectivity index (χ0n) is 24.1. The SMILES string of the molecule is Cc1cccc(C)c1NC(=O)C(c1c(C)cccc1C)N(CCO)C(=O)C(NC(=O)OC(C)(C)C)C(C)C. The van der Waals surface area contributed by atoms with Crippen LogP contribution in [0.4, 0.5) is 10.5 Å². The van der Waals surface area contributed by atoms with E-state index >= 15 is 0 Å². The van der Waals surface area contributed by atoms with E-state index in [4.69, 9.17) is 4.74 Å². The lowest BCUT2D eigenvalue weighted by molar-refractivity contribution is -0.142. The fourth-order valence-corrected chi connectivity index (χ4v) is 4.49. The Labute approximate surface area is 226 Å². The van der Waals surface area contributed by atoms with Crippen molar-refractivity contribution >= 4 is 23.6 Å². The summed E-state index contributed by atoms with van der Waals surface area (Å²) >= 11 is 0. The Morgan fingerprint density at radius 3 is 1.87 bits per heavy atom. The number of carbonyl (C=O) groups excluding carboxylic acids is 3. The molecule has 2 unspecified atom stereocenters. The van der Waals surface area contributed by atoms with Crippen molar-refractivity contribution in [3.63, 3.8) is 0 Å². The monoisotopic (exact) mass is 525 g/mol. The molecule has 0 spiro atoms. The highest BCUT2D eigenvalue weighted by Gasteiger charge is 2.38. The first kappa shape index (κ1) is 30.8. The highest BCUT2D eigenvalue weighted by Crippen LogP contribution is 2.31. The summed E-state index contributed by atoms with van der Waals surface area (Å²) in [6.45, 7) is 16.0. The van der Waals surface area contributed by atoms with Gasteiger partial charge in [0.15, 0.2) is 0 Å². The van der Waals surface area contributed by atoms with E-state index in [0.29, 0.717) is 11.3 Å². The van der Waals surface area contributed by atoms with Crippen LogP contribution < -0.4 is 10.6 Å². The molecule has 2 aromatic carbocycles. The van der Waals surface area contributed by atoms with Gasteiger partial charge in [0.2, 0.25) is 5.91 Å². The summed E-state index contributed by atoms with van der Waals surface area (Å²) in [4.78, 5) is 42.1. The topological polar surface area (TPSA) is 108 Å². The van der Waals surface area contributed by atoms with Crippen molar-refractivity contribution in [2.24, 2.45) is 5.92 Å². The highest BCUT2D eigenvalue weighted by atomic mass is 16.6. The molecule has 0 aliphatic rings. The number of nitrogens with one attached hydrogen (secondary N) is 2. The number of carbonyl (C=O) groups is 3. The Hall–Kier alpha value is -3.39. The number of hydrogen-bond donors (Lipinski definition) is 3. The normalized spacial score (nSPS) is 13.0. The standard InChI is InChI=1S/C30H43N3O5/c1-18(2)24(32-29(37)38-30(7,8)9)28(36)33(16-17-34)26(23-19(3)12-10-13-20(23)4)27(35)31-25-21(5)14-11-15-22(25)6/h10-15,18,24,26,34H,16-17H2,1-9H3,(H,31,35)(H,32,37). The minimum atomic E-state index is -1.04. The van der Waals surface area contributed by atoms with Crippen LogP contribution in [0.5, 0.6) is 0 Å². The maximum Gasteiger partial charge on any atom is 0.408 e. The van der Waals surface area contributed by atoms with Gasteiger partial charge in [-0.3, -0.25) is 9.59 Å². The lowest BCUT2D eigenvalue weighted by atomic mass is 9.92. The Balaban J connectivity index is 2.61. The Morgan fingerprint density at radius 1 is 0.921 bits per heavy atom. The van der Waals surface area contributed by atoms with Crippen molar-refractivity contribution < 1.29 is 24.2 Å². The molecule has 2 aromatic rings. The number of nitrogens with zero attached hydrogens (tertiary/aromatic N) is 1. The summed E-state index contributed by atoms with van der Waals surface area (Å²) in [5, 5.41) is 15.7. The minimum absolute atomic E-state index is 0.101. The molecule has 0 aromatic heterocycles. The fourth-order valence-electron chi connectivity index (χ4n) is 4.49. The van der Waals surface area contributed by atoms with Gasteiger partial charge in [-0.05, 0) is 82.2 Å². The van der Waals surface area contributed by atoms with Crippen LogP contribution in [0.2, 0.25) is 0 Å². The molecule has 0 aliphatic carbocycles. The fraction of sp³-hybridized carbons (Fsp3) is 0.500. The van der Waals surface area contributed by atoms with Gasteiger partial charge in [0.1, 0.15) is 17.7 Å². The van der Waals surface area contributed by atoms with Gasteiger partial charge in [0, 0.05) is 12.2 Å². The summed E-state index contributed by atoms with van der Waals surface area (Å²) in [7, 11) is 0. The third kappa shape index (κ3) is 7.81. The second-order valence-electron chi connectivity index (χ2n) is 11.1. The van der Waals surface area contributed by atoms with E-state index in [-0.39, 0.29) is 19.1 Å². The third-order valence-electron chi connectivity index (χ3n) is 6.33. The number of ether oxygens (including phenoxy) is 1. The van der Waals surface area contributed by atoms with Crippen LogP contribution in [-0.4, -0.2) is 52.7 Å². The molecule has 2 atom stereocenters. The predicted octanol–water partition coefficient (Wildman–Crippen LogP) is 4.97. The molecule has 0 fully saturated rings. The van der Waals surface area contributed by atoms with Gasteiger partial charge < -0.3 is 25.4 Å². The molecule has 0 radical (unpaired) electrons. The molecule has 0 heterocycles. The number of alkyl carbamates (subject to hydrolysis) is 1. The van der Waals surface area contributed by atoms with E-state index in [9.17, 15) is 19.5 Å². The number of aliphatic hydroxyl groups excluding tert-OH is 1. The largest absolute Gasteiger partial charge is 0.444 e. The highest BCUT2D eigenvalue weighted by molar-refractivity contribution is 6.00. The maximum absolute atomic E-state index is 14.1. The van der Waals surface area contributed by atoms with Gasteiger partial charge >= 0.3 is 6.09 Å². The molecular weight excluding hydrogens is 482 g/mol. The quantitative estimate of drug-likeness (QED) is 0.428. The Morgan fingerprint density at radius 2 is 1.42 bits per heavy atom. The maximum atomic E-state index is 14.1. The number of aryl methyl sites for hydroxylation is 4. The van der Waals surface area contributed by atoms with Crippen LogP contribution in [0.1, 0.15) is 68.5 Å². The van der Waals surface area contributed by atoms with Crippen molar-refractivity contribution in [2.45, 2.75) is 80.0 Å². The number of anilines is 1. The lowest BCUT2D eigenvalue weighted by Crippen LogP contribution is -2.55. The van der Waals surface area contributed by atoms with Crippen molar-refractivity contribution in [3.05, 3.63) is 64.2 Å². The molecule has 8 heteroatoms. The molecule has 3 N–H and O–H groups in total. The molecule has 38 heavy (non-hydrogen) atoms. The average Bonchev–Trinajstić information content (AvgIpc) is 2.79. The molecule has 3 amide bonds. The van der Waals surface area contributed by atoms with Gasteiger partial charge in [0.05, 0.1) is 6.61 Å². The number of rotatable bonds is 9.